The largest absolute Gasteiger partial charge is 0.357 e. The van der Waals surface area contributed by atoms with Gasteiger partial charge in [-0.3, -0.25) is 0 Å². The molecule has 0 N–H and O–H groups in total. The van der Waals surface area contributed by atoms with Crippen molar-refractivity contribution >= 4 is 17.4 Å². The van der Waals surface area contributed by atoms with Gasteiger partial charge in [0.25, 0.3) is 0 Å². The van der Waals surface area contributed by atoms with Gasteiger partial charge in [-0.15, -0.1) is 11.6 Å². The Kier molecular flexibility index (Phi) is 5.31. The minimum Gasteiger partial charge on any atom is -0.357 e. The summed E-state index contributed by atoms with van der Waals surface area (Å²) in [4.78, 5) is 7.22. The first kappa shape index (κ1) is 15.6. The van der Waals surface area contributed by atoms with E-state index < -0.39 is 0 Å². The van der Waals surface area contributed by atoms with Crippen molar-refractivity contribution in [2.75, 3.05) is 11.9 Å². The summed E-state index contributed by atoms with van der Waals surface area (Å²) in [5.74, 6) is 2.92. The molecule has 0 bridgehead atoms. The molecular weight excluding hydrogens is 268 g/mol. The molecule has 0 saturated heterocycles. The van der Waals surface area contributed by atoms with E-state index in [2.05, 4.69) is 44.9 Å². The first-order valence-electron chi connectivity index (χ1n) is 7.81. The zero-order valence-corrected chi connectivity index (χ0v) is 14.0. The Balaban J connectivity index is 2.23. The van der Waals surface area contributed by atoms with Crippen LogP contribution in [-0.2, 0) is 5.88 Å². The lowest BCUT2D eigenvalue weighted by Crippen LogP contribution is -2.36. The Hall–Kier alpha value is -0.760. The van der Waals surface area contributed by atoms with Crippen LogP contribution in [0.4, 0.5) is 5.82 Å². The number of pyridine rings is 1. The summed E-state index contributed by atoms with van der Waals surface area (Å²) in [6, 6.07) is 4.91. The van der Waals surface area contributed by atoms with Crippen LogP contribution in [0.25, 0.3) is 0 Å². The van der Waals surface area contributed by atoms with E-state index in [0.717, 1.165) is 17.4 Å². The van der Waals surface area contributed by atoms with Gasteiger partial charge in [0, 0.05) is 24.7 Å². The Morgan fingerprint density at radius 3 is 2.70 bits per heavy atom. The Labute approximate surface area is 128 Å². The standard InChI is InChI=1S/C17H27ClN2/c1-12(2)16-9-14(11-18)10-17(19-16)20(4)15-7-5-6-13(3)8-15/h9-10,12-13,15H,5-8,11H2,1-4H3. The molecule has 1 heterocycles. The highest BCUT2D eigenvalue weighted by Gasteiger charge is 2.23. The second-order valence-corrected chi connectivity index (χ2v) is 6.85. The van der Waals surface area contributed by atoms with E-state index in [4.69, 9.17) is 16.6 Å². The summed E-state index contributed by atoms with van der Waals surface area (Å²) < 4.78 is 0. The van der Waals surface area contributed by atoms with Gasteiger partial charge < -0.3 is 4.90 Å². The maximum absolute atomic E-state index is 6.04. The minimum atomic E-state index is 0.440. The van der Waals surface area contributed by atoms with Crippen molar-refractivity contribution in [1.82, 2.24) is 4.98 Å². The fourth-order valence-corrected chi connectivity index (χ4v) is 3.24. The van der Waals surface area contributed by atoms with Crippen LogP contribution in [0.5, 0.6) is 0 Å². The molecule has 112 valence electrons. The number of nitrogens with zero attached hydrogens (tertiary/aromatic N) is 2. The lowest BCUT2D eigenvalue weighted by atomic mass is 9.86. The molecule has 2 rings (SSSR count). The lowest BCUT2D eigenvalue weighted by Gasteiger charge is -2.35. The first-order chi connectivity index (χ1) is 9.51. The quantitative estimate of drug-likeness (QED) is 0.730. The third-order valence-electron chi connectivity index (χ3n) is 4.46. The van der Waals surface area contributed by atoms with Crippen LogP contribution >= 0.6 is 11.6 Å². The van der Waals surface area contributed by atoms with Gasteiger partial charge in [0.05, 0.1) is 0 Å². The highest BCUT2D eigenvalue weighted by atomic mass is 35.5. The summed E-state index contributed by atoms with van der Waals surface area (Å²) in [5.41, 5.74) is 2.32. The lowest BCUT2D eigenvalue weighted by molar-refractivity contribution is 0.335. The minimum absolute atomic E-state index is 0.440. The maximum atomic E-state index is 6.04. The zero-order valence-electron chi connectivity index (χ0n) is 13.2. The first-order valence-corrected chi connectivity index (χ1v) is 8.34. The van der Waals surface area contributed by atoms with Gasteiger partial charge in [0.2, 0.25) is 0 Å². The highest BCUT2D eigenvalue weighted by Crippen LogP contribution is 2.30. The summed E-state index contributed by atoms with van der Waals surface area (Å²) in [6.45, 7) is 6.74. The van der Waals surface area contributed by atoms with E-state index in [1.54, 1.807) is 0 Å². The molecule has 1 aromatic rings. The van der Waals surface area contributed by atoms with E-state index in [1.807, 2.05) is 0 Å². The number of hydrogen-bond acceptors (Lipinski definition) is 2. The van der Waals surface area contributed by atoms with Gasteiger partial charge in [-0.25, -0.2) is 4.98 Å². The molecule has 0 amide bonds. The Morgan fingerprint density at radius 1 is 1.35 bits per heavy atom. The predicted molar refractivity (Wildman–Crippen MR) is 87.7 cm³/mol. The molecular formula is C17H27ClN2. The average Bonchev–Trinajstić information content (AvgIpc) is 2.45. The van der Waals surface area contributed by atoms with Crippen molar-refractivity contribution < 1.29 is 0 Å². The zero-order chi connectivity index (χ0) is 14.7. The molecule has 1 aromatic heterocycles. The molecule has 2 unspecified atom stereocenters. The molecule has 0 radical (unpaired) electrons. The molecule has 1 saturated carbocycles. The van der Waals surface area contributed by atoms with Crippen LogP contribution in [0.1, 0.15) is 63.6 Å². The van der Waals surface area contributed by atoms with Crippen molar-refractivity contribution in [1.29, 1.82) is 0 Å². The smallest absolute Gasteiger partial charge is 0.129 e. The molecule has 1 aliphatic carbocycles. The number of aromatic nitrogens is 1. The molecule has 0 aromatic carbocycles. The van der Waals surface area contributed by atoms with E-state index in [0.29, 0.717) is 17.8 Å². The Bertz CT molecular complexity index is 445. The number of anilines is 1. The van der Waals surface area contributed by atoms with Crippen molar-refractivity contribution in [3.05, 3.63) is 23.4 Å². The third-order valence-corrected chi connectivity index (χ3v) is 4.76. The summed E-state index contributed by atoms with van der Waals surface area (Å²) in [7, 11) is 2.19. The molecule has 3 heteroatoms. The van der Waals surface area contributed by atoms with Gasteiger partial charge in [-0.1, -0.05) is 33.6 Å². The van der Waals surface area contributed by atoms with Crippen LogP contribution in [0.2, 0.25) is 0 Å². The van der Waals surface area contributed by atoms with Crippen LogP contribution in [0.15, 0.2) is 12.1 Å². The van der Waals surface area contributed by atoms with Gasteiger partial charge >= 0.3 is 0 Å². The maximum Gasteiger partial charge on any atom is 0.129 e. The number of hydrogen-bond donors (Lipinski definition) is 0. The third kappa shape index (κ3) is 3.66. The molecule has 0 spiro atoms. The Morgan fingerprint density at radius 2 is 2.10 bits per heavy atom. The molecule has 1 fully saturated rings. The SMILES string of the molecule is CC1CCCC(N(C)c2cc(CCl)cc(C(C)C)n2)C1. The molecule has 2 nitrogen and oxygen atoms in total. The normalized spacial score (nSPS) is 23.1. The van der Waals surface area contributed by atoms with Gasteiger partial charge in [0.1, 0.15) is 5.82 Å². The molecule has 0 aliphatic heterocycles. The van der Waals surface area contributed by atoms with Crippen LogP contribution in [0.3, 0.4) is 0 Å². The summed E-state index contributed by atoms with van der Waals surface area (Å²) in [5, 5.41) is 0. The second-order valence-electron chi connectivity index (χ2n) is 6.58. The molecule has 1 aliphatic rings. The van der Waals surface area contributed by atoms with Crippen molar-refractivity contribution in [3.63, 3.8) is 0 Å². The van der Waals surface area contributed by atoms with Gasteiger partial charge in [0.15, 0.2) is 0 Å². The number of alkyl halides is 1. The average molecular weight is 295 g/mol. The van der Waals surface area contributed by atoms with Crippen molar-refractivity contribution in [2.45, 2.75) is 64.3 Å². The summed E-state index contributed by atoms with van der Waals surface area (Å²) in [6.07, 6.45) is 5.27. The van der Waals surface area contributed by atoms with Crippen molar-refractivity contribution in [2.24, 2.45) is 5.92 Å². The van der Waals surface area contributed by atoms with E-state index >= 15 is 0 Å². The van der Waals surface area contributed by atoms with Gasteiger partial charge in [-0.05, 0) is 42.4 Å². The number of rotatable bonds is 4. The highest BCUT2D eigenvalue weighted by molar-refractivity contribution is 6.17. The van der Waals surface area contributed by atoms with Crippen molar-refractivity contribution in [3.8, 4) is 0 Å². The fourth-order valence-electron chi connectivity index (χ4n) is 3.09. The number of halogens is 1. The molecule has 2 atom stereocenters. The van der Waals surface area contributed by atoms with Crippen LogP contribution < -0.4 is 4.90 Å². The monoisotopic (exact) mass is 294 g/mol. The van der Waals surface area contributed by atoms with Gasteiger partial charge in [-0.2, -0.15) is 0 Å². The molecule has 20 heavy (non-hydrogen) atoms. The fraction of sp³-hybridized carbons (Fsp3) is 0.706. The second kappa shape index (κ2) is 6.80. The van der Waals surface area contributed by atoms with E-state index in [9.17, 15) is 0 Å². The predicted octanol–water partition coefficient (Wildman–Crippen LogP) is 4.96. The van der Waals surface area contributed by atoms with Crippen LogP contribution in [0, 0.1) is 5.92 Å². The topological polar surface area (TPSA) is 16.1 Å². The van der Waals surface area contributed by atoms with E-state index in [-0.39, 0.29) is 0 Å². The van der Waals surface area contributed by atoms with Crippen LogP contribution in [-0.4, -0.2) is 18.1 Å². The van der Waals surface area contributed by atoms with E-state index in [1.165, 1.54) is 31.2 Å². The summed E-state index contributed by atoms with van der Waals surface area (Å²) >= 11 is 6.04.